The fraction of sp³-hybridized carbons (Fsp3) is 0.632. The molecule has 2 fully saturated rings. The maximum atomic E-state index is 12.7. The van der Waals surface area contributed by atoms with Gasteiger partial charge in [-0.05, 0) is 48.8 Å². The number of benzene rings is 1. The SMILES string of the molecule is COCC1(C2CCC2)CN(C(=O)NC2CCc3c2ccc(Cl)c3Cl)C1. The Bertz CT molecular complexity index is 684. The summed E-state index contributed by atoms with van der Waals surface area (Å²) in [5.74, 6) is 0.713. The van der Waals surface area contributed by atoms with E-state index in [9.17, 15) is 4.79 Å². The molecule has 1 aromatic rings. The summed E-state index contributed by atoms with van der Waals surface area (Å²) >= 11 is 12.4. The van der Waals surface area contributed by atoms with Gasteiger partial charge in [0.1, 0.15) is 0 Å². The molecule has 0 bridgehead atoms. The highest BCUT2D eigenvalue weighted by atomic mass is 35.5. The Labute approximate surface area is 158 Å². The molecule has 2 aliphatic carbocycles. The van der Waals surface area contributed by atoms with Gasteiger partial charge in [-0.1, -0.05) is 35.7 Å². The second-order valence-electron chi connectivity index (χ2n) is 7.75. The molecule has 1 unspecified atom stereocenters. The summed E-state index contributed by atoms with van der Waals surface area (Å²) in [7, 11) is 1.76. The zero-order valence-electron chi connectivity index (χ0n) is 14.5. The minimum absolute atomic E-state index is 0.0231. The first-order valence-corrected chi connectivity index (χ1v) is 9.81. The van der Waals surface area contributed by atoms with Crippen molar-refractivity contribution in [2.45, 2.75) is 38.1 Å². The number of ether oxygens (including phenoxy) is 1. The van der Waals surface area contributed by atoms with Crippen LogP contribution in [-0.2, 0) is 11.2 Å². The summed E-state index contributed by atoms with van der Waals surface area (Å²) in [6.45, 7) is 2.36. The van der Waals surface area contributed by atoms with E-state index in [4.69, 9.17) is 27.9 Å². The fourth-order valence-electron chi connectivity index (χ4n) is 4.66. The normalized spacial score (nSPS) is 24.4. The van der Waals surface area contributed by atoms with E-state index in [-0.39, 0.29) is 17.5 Å². The number of hydrogen-bond donors (Lipinski definition) is 1. The molecule has 1 saturated carbocycles. The van der Waals surface area contributed by atoms with Crippen molar-refractivity contribution in [1.82, 2.24) is 10.2 Å². The molecule has 3 aliphatic rings. The van der Waals surface area contributed by atoms with Crippen LogP contribution in [0.3, 0.4) is 0 Å². The van der Waals surface area contributed by atoms with Crippen molar-refractivity contribution < 1.29 is 9.53 Å². The smallest absolute Gasteiger partial charge is 0.317 e. The lowest BCUT2D eigenvalue weighted by Crippen LogP contribution is -2.66. The van der Waals surface area contributed by atoms with Crippen molar-refractivity contribution in [3.8, 4) is 0 Å². The third-order valence-corrected chi connectivity index (χ3v) is 7.13. The first-order valence-electron chi connectivity index (χ1n) is 9.05. The molecule has 2 amide bonds. The first-order chi connectivity index (χ1) is 12.0. The monoisotopic (exact) mass is 382 g/mol. The predicted molar refractivity (Wildman–Crippen MR) is 99.3 cm³/mol. The molecule has 1 atom stereocenters. The molecule has 1 saturated heterocycles. The van der Waals surface area contributed by atoms with Crippen LogP contribution in [0.5, 0.6) is 0 Å². The van der Waals surface area contributed by atoms with E-state index in [0.717, 1.165) is 43.7 Å². The Morgan fingerprint density at radius 2 is 2.08 bits per heavy atom. The van der Waals surface area contributed by atoms with E-state index in [1.54, 1.807) is 7.11 Å². The number of carbonyl (C=O) groups excluding carboxylic acids is 1. The Morgan fingerprint density at radius 3 is 2.72 bits per heavy atom. The summed E-state index contributed by atoms with van der Waals surface area (Å²) in [5.41, 5.74) is 2.35. The van der Waals surface area contributed by atoms with E-state index in [1.807, 2.05) is 17.0 Å². The van der Waals surface area contributed by atoms with E-state index >= 15 is 0 Å². The second-order valence-corrected chi connectivity index (χ2v) is 8.53. The van der Waals surface area contributed by atoms with Gasteiger partial charge in [-0.3, -0.25) is 0 Å². The first kappa shape index (κ1) is 17.4. The van der Waals surface area contributed by atoms with Gasteiger partial charge < -0.3 is 15.0 Å². The summed E-state index contributed by atoms with van der Waals surface area (Å²) in [4.78, 5) is 14.6. The lowest BCUT2D eigenvalue weighted by molar-refractivity contribution is -0.0941. The molecule has 136 valence electrons. The highest BCUT2D eigenvalue weighted by Crippen LogP contribution is 2.48. The Hall–Kier alpha value is -0.970. The Balaban J connectivity index is 1.39. The number of fused-ring (bicyclic) bond motifs is 1. The van der Waals surface area contributed by atoms with Crippen LogP contribution in [0, 0.1) is 11.3 Å². The lowest BCUT2D eigenvalue weighted by Gasteiger charge is -2.56. The highest BCUT2D eigenvalue weighted by molar-refractivity contribution is 6.42. The van der Waals surface area contributed by atoms with Crippen LogP contribution in [0.15, 0.2) is 12.1 Å². The van der Waals surface area contributed by atoms with Gasteiger partial charge in [0.25, 0.3) is 0 Å². The topological polar surface area (TPSA) is 41.6 Å². The van der Waals surface area contributed by atoms with E-state index in [0.29, 0.717) is 16.0 Å². The van der Waals surface area contributed by atoms with Crippen molar-refractivity contribution in [1.29, 1.82) is 0 Å². The lowest BCUT2D eigenvalue weighted by atomic mass is 9.61. The van der Waals surface area contributed by atoms with Crippen LogP contribution >= 0.6 is 23.2 Å². The fourth-order valence-corrected chi connectivity index (χ4v) is 5.10. The number of amides is 2. The number of nitrogens with zero attached hydrogens (tertiary/aromatic N) is 1. The van der Waals surface area contributed by atoms with Crippen LogP contribution < -0.4 is 5.32 Å². The molecule has 1 aliphatic heterocycles. The largest absolute Gasteiger partial charge is 0.384 e. The predicted octanol–water partition coefficient (Wildman–Crippen LogP) is 4.44. The minimum atomic E-state index is 0.0231. The van der Waals surface area contributed by atoms with Crippen molar-refractivity contribution in [2.75, 3.05) is 26.8 Å². The van der Waals surface area contributed by atoms with Crippen LogP contribution in [0.1, 0.15) is 42.9 Å². The van der Waals surface area contributed by atoms with Crippen molar-refractivity contribution in [2.24, 2.45) is 11.3 Å². The third-order valence-electron chi connectivity index (χ3n) is 6.29. The van der Waals surface area contributed by atoms with Crippen LogP contribution in [-0.4, -0.2) is 37.7 Å². The number of nitrogens with one attached hydrogen (secondary N) is 1. The molecule has 0 spiro atoms. The molecule has 1 heterocycles. The summed E-state index contributed by atoms with van der Waals surface area (Å²) in [6, 6.07) is 3.85. The summed E-state index contributed by atoms with van der Waals surface area (Å²) < 4.78 is 5.45. The Morgan fingerprint density at radius 1 is 1.32 bits per heavy atom. The summed E-state index contributed by atoms with van der Waals surface area (Å²) in [5, 5.41) is 4.39. The van der Waals surface area contributed by atoms with E-state index < -0.39 is 0 Å². The van der Waals surface area contributed by atoms with Crippen molar-refractivity contribution >= 4 is 29.2 Å². The maximum absolute atomic E-state index is 12.7. The number of halogens is 2. The zero-order chi connectivity index (χ0) is 17.6. The zero-order valence-corrected chi connectivity index (χ0v) is 16.0. The van der Waals surface area contributed by atoms with Gasteiger partial charge in [0.05, 0.1) is 22.7 Å². The average molecular weight is 383 g/mol. The van der Waals surface area contributed by atoms with Gasteiger partial charge in [-0.2, -0.15) is 0 Å². The van der Waals surface area contributed by atoms with Crippen LogP contribution in [0.4, 0.5) is 4.79 Å². The standard InChI is InChI=1S/C19H24Cl2N2O2/c1-25-11-19(12-3-2-4-12)9-23(10-19)18(24)22-16-8-6-14-13(16)5-7-15(20)17(14)21/h5,7,12,16H,2-4,6,8-11H2,1H3,(H,22,24). The van der Waals surface area contributed by atoms with Gasteiger partial charge in [0.2, 0.25) is 0 Å². The van der Waals surface area contributed by atoms with Crippen LogP contribution in [0.25, 0.3) is 0 Å². The summed E-state index contributed by atoms with van der Waals surface area (Å²) in [6.07, 6.45) is 5.59. The van der Waals surface area contributed by atoms with Gasteiger partial charge >= 0.3 is 6.03 Å². The minimum Gasteiger partial charge on any atom is -0.384 e. The molecule has 4 rings (SSSR count). The molecule has 6 heteroatoms. The molecule has 1 aromatic carbocycles. The molecule has 0 radical (unpaired) electrons. The molecule has 0 aromatic heterocycles. The van der Waals surface area contributed by atoms with Crippen LogP contribution in [0.2, 0.25) is 10.0 Å². The van der Waals surface area contributed by atoms with Gasteiger partial charge in [-0.25, -0.2) is 4.79 Å². The number of likely N-dealkylation sites (tertiary alicyclic amines) is 1. The van der Waals surface area contributed by atoms with Gasteiger partial charge in [-0.15, -0.1) is 0 Å². The molecule has 1 N–H and O–H groups in total. The molecule has 4 nitrogen and oxygen atoms in total. The second kappa shape index (κ2) is 6.64. The third kappa shape index (κ3) is 2.92. The van der Waals surface area contributed by atoms with Crippen molar-refractivity contribution in [3.05, 3.63) is 33.3 Å². The highest BCUT2D eigenvalue weighted by Gasteiger charge is 2.52. The number of rotatable bonds is 4. The number of methoxy groups -OCH3 is 1. The van der Waals surface area contributed by atoms with Crippen molar-refractivity contribution in [3.63, 3.8) is 0 Å². The molecular formula is C19H24Cl2N2O2. The number of urea groups is 1. The number of carbonyl (C=O) groups is 1. The van der Waals surface area contributed by atoms with Gasteiger partial charge in [0.15, 0.2) is 0 Å². The quantitative estimate of drug-likeness (QED) is 0.835. The Kier molecular flexibility index (Phi) is 4.63. The maximum Gasteiger partial charge on any atom is 0.317 e. The number of hydrogen-bond acceptors (Lipinski definition) is 2. The molecular weight excluding hydrogens is 359 g/mol. The average Bonchev–Trinajstić information content (AvgIpc) is 2.89. The van der Waals surface area contributed by atoms with E-state index in [2.05, 4.69) is 5.32 Å². The van der Waals surface area contributed by atoms with Gasteiger partial charge in [0, 0.05) is 25.6 Å². The molecule has 25 heavy (non-hydrogen) atoms. The van der Waals surface area contributed by atoms with E-state index in [1.165, 1.54) is 19.3 Å².